The van der Waals surface area contributed by atoms with E-state index in [1.165, 1.54) is 19.2 Å². The zero-order valence-corrected chi connectivity index (χ0v) is 20.9. The number of benzene rings is 1. The van der Waals surface area contributed by atoms with Crippen molar-refractivity contribution in [2.24, 2.45) is 0 Å². The average Bonchev–Trinajstić information content (AvgIpc) is 3.69. The fourth-order valence-corrected chi connectivity index (χ4v) is 5.27. The molecule has 37 heavy (non-hydrogen) atoms. The van der Waals surface area contributed by atoms with E-state index in [0.29, 0.717) is 37.8 Å². The molecule has 0 radical (unpaired) electrons. The molecule has 0 N–H and O–H groups in total. The van der Waals surface area contributed by atoms with Crippen LogP contribution in [0.2, 0.25) is 0 Å². The Bertz CT molecular complexity index is 1170. The Morgan fingerprint density at radius 3 is 2.27 bits per heavy atom. The Balaban J connectivity index is 1.00. The second-order valence-electron chi connectivity index (χ2n) is 9.76. The van der Waals surface area contributed by atoms with E-state index < -0.39 is 0 Å². The van der Waals surface area contributed by atoms with Gasteiger partial charge in [0.25, 0.3) is 5.91 Å². The van der Waals surface area contributed by atoms with Gasteiger partial charge in [-0.1, -0.05) is 6.07 Å². The third-order valence-corrected chi connectivity index (χ3v) is 7.42. The normalized spacial score (nSPS) is 21.0. The highest BCUT2D eigenvalue weighted by molar-refractivity contribution is 5.95. The summed E-state index contributed by atoms with van der Waals surface area (Å²) in [6.45, 7) is 8.60. The van der Waals surface area contributed by atoms with Crippen LogP contribution < -0.4 is 9.80 Å². The summed E-state index contributed by atoms with van der Waals surface area (Å²) in [6.07, 6.45) is 4.30. The van der Waals surface area contributed by atoms with Gasteiger partial charge in [-0.05, 0) is 53.6 Å². The topological polar surface area (TPSA) is 109 Å². The molecule has 0 aliphatic carbocycles. The van der Waals surface area contributed by atoms with E-state index >= 15 is 0 Å². The third-order valence-electron chi connectivity index (χ3n) is 7.42. The fourth-order valence-electron chi connectivity index (χ4n) is 5.27. The predicted octanol–water partition coefficient (Wildman–Crippen LogP) is 0.716. The van der Waals surface area contributed by atoms with Crippen LogP contribution in [0.3, 0.4) is 0 Å². The van der Waals surface area contributed by atoms with Crippen LogP contribution in [-0.4, -0.2) is 118 Å². The number of anilines is 2. The highest BCUT2D eigenvalue weighted by Gasteiger charge is 2.25. The Kier molecular flexibility index (Phi) is 6.91. The largest absolute Gasteiger partial charge is 0.377 e. The molecule has 2 aromatic heterocycles. The molecule has 1 unspecified atom stereocenters. The molecule has 194 valence electrons. The van der Waals surface area contributed by atoms with Gasteiger partial charge in [-0.15, -0.1) is 15.3 Å². The first kappa shape index (κ1) is 23.7. The highest BCUT2D eigenvalue weighted by Crippen LogP contribution is 2.20. The van der Waals surface area contributed by atoms with Gasteiger partial charge in [-0.2, -0.15) is 0 Å². The molecule has 3 aliphatic heterocycles. The monoisotopic (exact) mass is 504 g/mol. The van der Waals surface area contributed by atoms with Gasteiger partial charge in [0.2, 0.25) is 0 Å². The molecule has 0 bridgehead atoms. The van der Waals surface area contributed by atoms with Crippen LogP contribution in [0.25, 0.3) is 5.69 Å². The van der Waals surface area contributed by atoms with Gasteiger partial charge < -0.3 is 19.4 Å². The van der Waals surface area contributed by atoms with Crippen molar-refractivity contribution in [3.05, 3.63) is 48.3 Å². The van der Waals surface area contributed by atoms with Crippen molar-refractivity contribution in [3.8, 4) is 5.69 Å². The van der Waals surface area contributed by atoms with Crippen molar-refractivity contribution >= 4 is 17.5 Å². The number of aromatic nitrogens is 6. The molecule has 0 saturated carbocycles. The van der Waals surface area contributed by atoms with Crippen LogP contribution in [0.1, 0.15) is 23.2 Å². The minimum atomic E-state index is 0.00893. The summed E-state index contributed by atoms with van der Waals surface area (Å²) in [6, 6.07) is 11.5. The quantitative estimate of drug-likeness (QED) is 0.476. The molecule has 3 fully saturated rings. The Labute approximate surface area is 215 Å². The summed E-state index contributed by atoms with van der Waals surface area (Å²) in [5.74, 6) is 1.79. The Hall–Kier alpha value is -3.64. The van der Waals surface area contributed by atoms with Crippen LogP contribution in [-0.2, 0) is 4.74 Å². The SMILES string of the molecule is O=C(c1cccc(-n2cnnn2)c1)N1CCN(c2ccc(N3CCN(CC4CCCO4)CC3)nn2)CC1. The summed E-state index contributed by atoms with van der Waals surface area (Å²) in [4.78, 5) is 22.0. The van der Waals surface area contributed by atoms with Gasteiger partial charge in [-0.25, -0.2) is 4.68 Å². The first-order valence-corrected chi connectivity index (χ1v) is 13.0. The molecule has 5 heterocycles. The van der Waals surface area contributed by atoms with Gasteiger partial charge in [0, 0.05) is 71.1 Å². The van der Waals surface area contributed by atoms with Gasteiger partial charge in [0.1, 0.15) is 6.33 Å². The number of carbonyl (C=O) groups excluding carboxylic acids is 1. The lowest BCUT2D eigenvalue weighted by atomic mass is 10.1. The lowest BCUT2D eigenvalue weighted by molar-refractivity contribution is 0.0712. The maximum atomic E-state index is 13.1. The van der Waals surface area contributed by atoms with Crippen molar-refractivity contribution < 1.29 is 9.53 Å². The zero-order chi connectivity index (χ0) is 25.0. The number of amides is 1. The molecule has 6 rings (SSSR count). The predicted molar refractivity (Wildman–Crippen MR) is 137 cm³/mol. The van der Waals surface area contributed by atoms with E-state index in [0.717, 1.165) is 56.7 Å². The minimum Gasteiger partial charge on any atom is -0.377 e. The Morgan fingerprint density at radius 2 is 1.65 bits per heavy atom. The molecular weight excluding hydrogens is 472 g/mol. The fraction of sp³-hybridized carbons (Fsp3) is 0.520. The molecular formula is C25H32N10O2. The highest BCUT2D eigenvalue weighted by atomic mass is 16.5. The van der Waals surface area contributed by atoms with Crippen LogP contribution in [0.5, 0.6) is 0 Å². The lowest BCUT2D eigenvalue weighted by Crippen LogP contribution is -2.49. The number of rotatable bonds is 6. The van der Waals surface area contributed by atoms with Crippen molar-refractivity contribution in [2.45, 2.75) is 18.9 Å². The van der Waals surface area contributed by atoms with Gasteiger partial charge >= 0.3 is 0 Å². The summed E-state index contributed by atoms with van der Waals surface area (Å²) < 4.78 is 7.33. The van der Waals surface area contributed by atoms with Gasteiger partial charge in [0.15, 0.2) is 11.6 Å². The summed E-state index contributed by atoms with van der Waals surface area (Å²) >= 11 is 0. The van der Waals surface area contributed by atoms with Crippen molar-refractivity contribution in [1.29, 1.82) is 0 Å². The van der Waals surface area contributed by atoms with E-state index in [2.05, 4.69) is 46.5 Å². The smallest absolute Gasteiger partial charge is 0.254 e. The van der Waals surface area contributed by atoms with Crippen molar-refractivity contribution in [2.75, 3.05) is 75.3 Å². The lowest BCUT2D eigenvalue weighted by Gasteiger charge is -2.37. The molecule has 3 aliphatic rings. The summed E-state index contributed by atoms with van der Waals surface area (Å²) in [7, 11) is 0. The second-order valence-corrected chi connectivity index (χ2v) is 9.76. The maximum absolute atomic E-state index is 13.1. The number of carbonyl (C=O) groups is 1. The van der Waals surface area contributed by atoms with Crippen LogP contribution in [0.15, 0.2) is 42.7 Å². The van der Waals surface area contributed by atoms with Crippen LogP contribution in [0.4, 0.5) is 11.6 Å². The zero-order valence-electron chi connectivity index (χ0n) is 20.9. The van der Waals surface area contributed by atoms with Gasteiger partial charge in [0.05, 0.1) is 11.8 Å². The second kappa shape index (κ2) is 10.8. The number of ether oxygens (including phenoxy) is 1. The summed E-state index contributed by atoms with van der Waals surface area (Å²) in [5, 5.41) is 20.3. The third kappa shape index (κ3) is 5.39. The summed E-state index contributed by atoms with van der Waals surface area (Å²) in [5.41, 5.74) is 1.38. The first-order chi connectivity index (χ1) is 18.2. The van der Waals surface area contributed by atoms with Gasteiger partial charge in [-0.3, -0.25) is 9.69 Å². The van der Waals surface area contributed by atoms with Crippen LogP contribution in [0, 0.1) is 0 Å². The van der Waals surface area contributed by atoms with E-state index in [1.807, 2.05) is 35.2 Å². The average molecular weight is 505 g/mol. The van der Waals surface area contributed by atoms with Crippen LogP contribution >= 0.6 is 0 Å². The Morgan fingerprint density at radius 1 is 0.919 bits per heavy atom. The maximum Gasteiger partial charge on any atom is 0.254 e. The van der Waals surface area contributed by atoms with E-state index in [1.54, 1.807) is 4.68 Å². The number of hydrogen-bond acceptors (Lipinski definition) is 10. The molecule has 12 heteroatoms. The molecule has 1 aromatic carbocycles. The molecule has 3 saturated heterocycles. The molecule has 1 amide bonds. The van der Waals surface area contributed by atoms with E-state index in [4.69, 9.17) is 4.74 Å². The number of tetrazole rings is 1. The number of nitrogens with zero attached hydrogens (tertiary/aromatic N) is 10. The van der Waals surface area contributed by atoms with Crippen molar-refractivity contribution in [3.63, 3.8) is 0 Å². The number of piperazine rings is 2. The first-order valence-electron chi connectivity index (χ1n) is 13.0. The minimum absolute atomic E-state index is 0.00893. The molecule has 1 atom stereocenters. The standard InChI is InChI=1S/C25H32N10O2/c36-25(20-3-1-4-21(17-20)35-19-26-29-30-35)34-14-12-33(13-15-34)24-7-6-23(27-28-24)32-10-8-31(9-11-32)18-22-5-2-16-37-22/h1,3-4,6-7,17,19,22H,2,5,8-16,18H2. The molecule has 12 nitrogen and oxygen atoms in total. The van der Waals surface area contributed by atoms with E-state index in [9.17, 15) is 4.79 Å². The molecule has 0 spiro atoms. The molecule has 3 aromatic rings. The van der Waals surface area contributed by atoms with Crippen molar-refractivity contribution in [1.82, 2.24) is 40.2 Å². The number of hydrogen-bond donors (Lipinski definition) is 0. The van der Waals surface area contributed by atoms with E-state index in [-0.39, 0.29) is 5.91 Å².